The fourth-order valence-corrected chi connectivity index (χ4v) is 2.41. The lowest BCUT2D eigenvalue weighted by Gasteiger charge is -2.07. The van der Waals surface area contributed by atoms with Gasteiger partial charge in [0.2, 0.25) is 0 Å². The highest BCUT2D eigenvalue weighted by Crippen LogP contribution is 2.24. The fraction of sp³-hybridized carbons (Fsp3) is 0.182. The topological polar surface area (TPSA) is 24.9 Å². The molecule has 0 amide bonds. The van der Waals surface area contributed by atoms with E-state index in [-0.39, 0.29) is 10.2 Å². The van der Waals surface area contributed by atoms with Gasteiger partial charge in [0.25, 0.3) is 0 Å². The third-order valence-corrected chi connectivity index (χ3v) is 3.65. The van der Waals surface area contributed by atoms with E-state index >= 15 is 0 Å². The Kier molecular flexibility index (Phi) is 3.73. The number of benzene rings is 1. The Labute approximate surface area is 110 Å². The van der Waals surface area contributed by atoms with E-state index in [1.165, 1.54) is 17.4 Å². The summed E-state index contributed by atoms with van der Waals surface area (Å²) < 4.78 is 26.6. The van der Waals surface area contributed by atoms with Gasteiger partial charge in [-0.3, -0.25) is 0 Å². The van der Waals surface area contributed by atoms with Crippen molar-refractivity contribution in [3.63, 3.8) is 0 Å². The van der Waals surface area contributed by atoms with Crippen LogP contribution in [0, 0.1) is 18.6 Å². The van der Waals surface area contributed by atoms with Crippen molar-refractivity contribution in [3.8, 4) is 0 Å². The Morgan fingerprint density at radius 1 is 1.35 bits per heavy atom. The molecule has 0 radical (unpaired) electrons. The third-order valence-electron chi connectivity index (χ3n) is 2.13. The van der Waals surface area contributed by atoms with Crippen molar-refractivity contribution in [2.24, 2.45) is 0 Å². The first-order valence-electron chi connectivity index (χ1n) is 4.86. The molecule has 6 heteroatoms. The molecule has 0 aliphatic heterocycles. The maximum absolute atomic E-state index is 13.4. The molecule has 0 saturated heterocycles. The molecule has 0 fully saturated rings. The predicted octanol–water partition coefficient (Wildman–Crippen LogP) is 4.10. The predicted molar refractivity (Wildman–Crippen MR) is 68.2 cm³/mol. The Balaban J connectivity index is 2.11. The summed E-state index contributed by atoms with van der Waals surface area (Å²) >= 11 is 4.56. The summed E-state index contributed by atoms with van der Waals surface area (Å²) in [4.78, 5) is 5.10. The third kappa shape index (κ3) is 3.01. The van der Waals surface area contributed by atoms with Crippen LogP contribution in [0.4, 0.5) is 14.5 Å². The summed E-state index contributed by atoms with van der Waals surface area (Å²) in [6.07, 6.45) is 1.74. The second-order valence-electron chi connectivity index (χ2n) is 3.45. The molecule has 90 valence electrons. The van der Waals surface area contributed by atoms with Gasteiger partial charge >= 0.3 is 0 Å². The maximum atomic E-state index is 13.4. The number of hydrogen-bond donors (Lipinski definition) is 1. The molecule has 1 heterocycles. The number of anilines is 1. The Morgan fingerprint density at radius 3 is 2.76 bits per heavy atom. The lowest BCUT2D eigenvalue weighted by molar-refractivity contribution is 0.580. The molecule has 1 aromatic heterocycles. The van der Waals surface area contributed by atoms with Gasteiger partial charge in [-0.05, 0) is 28.9 Å². The molecule has 0 atom stereocenters. The quantitative estimate of drug-likeness (QED) is 0.862. The van der Waals surface area contributed by atoms with Crippen molar-refractivity contribution < 1.29 is 8.78 Å². The van der Waals surface area contributed by atoms with E-state index in [1.807, 2.05) is 6.92 Å². The lowest BCUT2D eigenvalue weighted by atomic mass is 10.3. The average Bonchev–Trinajstić information content (AvgIpc) is 2.68. The van der Waals surface area contributed by atoms with Crippen molar-refractivity contribution in [3.05, 3.63) is 44.3 Å². The Morgan fingerprint density at radius 2 is 2.12 bits per heavy atom. The molecular formula is C11H9BrF2N2S. The van der Waals surface area contributed by atoms with Crippen LogP contribution in [0.25, 0.3) is 0 Å². The van der Waals surface area contributed by atoms with E-state index < -0.39 is 11.6 Å². The SMILES string of the molecule is Cc1ncc(CNc2cc(Br)c(F)cc2F)s1. The van der Waals surface area contributed by atoms with Crippen LogP contribution in [-0.2, 0) is 6.54 Å². The Hall–Kier alpha value is -1.01. The van der Waals surface area contributed by atoms with Crippen molar-refractivity contribution >= 4 is 33.0 Å². The summed E-state index contributed by atoms with van der Waals surface area (Å²) in [7, 11) is 0. The first kappa shape index (κ1) is 12.4. The number of halogens is 3. The highest BCUT2D eigenvalue weighted by atomic mass is 79.9. The number of hydrogen-bond acceptors (Lipinski definition) is 3. The van der Waals surface area contributed by atoms with Crippen LogP contribution in [0.2, 0.25) is 0 Å². The van der Waals surface area contributed by atoms with Gasteiger partial charge in [-0.25, -0.2) is 13.8 Å². The van der Waals surface area contributed by atoms with Crippen LogP contribution < -0.4 is 5.32 Å². The van der Waals surface area contributed by atoms with Gasteiger partial charge in [-0.2, -0.15) is 0 Å². The summed E-state index contributed by atoms with van der Waals surface area (Å²) in [6.45, 7) is 2.38. The summed E-state index contributed by atoms with van der Waals surface area (Å²) in [5.41, 5.74) is 0.268. The molecule has 17 heavy (non-hydrogen) atoms. The zero-order chi connectivity index (χ0) is 12.4. The summed E-state index contributed by atoms with van der Waals surface area (Å²) in [5.74, 6) is -1.21. The lowest BCUT2D eigenvalue weighted by Crippen LogP contribution is -2.00. The highest BCUT2D eigenvalue weighted by molar-refractivity contribution is 9.10. The van der Waals surface area contributed by atoms with Crippen LogP contribution >= 0.6 is 27.3 Å². The van der Waals surface area contributed by atoms with E-state index in [4.69, 9.17) is 0 Å². The van der Waals surface area contributed by atoms with E-state index in [9.17, 15) is 8.78 Å². The second-order valence-corrected chi connectivity index (χ2v) is 5.62. The molecule has 0 unspecified atom stereocenters. The van der Waals surface area contributed by atoms with Crippen molar-refractivity contribution in [2.45, 2.75) is 13.5 Å². The van der Waals surface area contributed by atoms with Crippen LogP contribution in [0.1, 0.15) is 9.88 Å². The standard InChI is InChI=1S/C11H9BrF2N2S/c1-6-15-4-7(17-6)5-16-11-2-8(12)9(13)3-10(11)14/h2-4,16H,5H2,1H3. The minimum Gasteiger partial charge on any atom is -0.378 e. The number of rotatable bonds is 3. The van der Waals surface area contributed by atoms with Gasteiger partial charge in [0, 0.05) is 17.1 Å². The van der Waals surface area contributed by atoms with Crippen LogP contribution in [-0.4, -0.2) is 4.98 Å². The minimum atomic E-state index is -0.610. The molecule has 2 aromatic rings. The highest BCUT2D eigenvalue weighted by Gasteiger charge is 2.08. The zero-order valence-electron chi connectivity index (χ0n) is 8.93. The summed E-state index contributed by atoms with van der Waals surface area (Å²) in [6, 6.07) is 2.24. The monoisotopic (exact) mass is 318 g/mol. The van der Waals surface area contributed by atoms with Crippen LogP contribution in [0.15, 0.2) is 22.8 Å². The maximum Gasteiger partial charge on any atom is 0.149 e. The molecule has 0 aliphatic rings. The average molecular weight is 319 g/mol. The summed E-state index contributed by atoms with van der Waals surface area (Å²) in [5, 5.41) is 3.87. The number of thiazole rings is 1. The van der Waals surface area contributed by atoms with Gasteiger partial charge in [-0.1, -0.05) is 0 Å². The zero-order valence-corrected chi connectivity index (χ0v) is 11.3. The molecule has 0 bridgehead atoms. The van der Waals surface area contributed by atoms with E-state index in [2.05, 4.69) is 26.2 Å². The molecule has 2 rings (SSSR count). The molecule has 1 aromatic carbocycles. The van der Waals surface area contributed by atoms with Gasteiger partial charge in [0.05, 0.1) is 21.7 Å². The molecule has 0 aliphatic carbocycles. The molecular weight excluding hydrogens is 310 g/mol. The molecule has 0 spiro atoms. The number of nitrogens with one attached hydrogen (secondary N) is 1. The minimum absolute atomic E-state index is 0.238. The molecule has 1 N–H and O–H groups in total. The van der Waals surface area contributed by atoms with Crippen molar-refractivity contribution in [1.82, 2.24) is 4.98 Å². The smallest absolute Gasteiger partial charge is 0.149 e. The Bertz CT molecular complexity index is 542. The van der Waals surface area contributed by atoms with E-state index in [1.54, 1.807) is 6.20 Å². The van der Waals surface area contributed by atoms with Crippen molar-refractivity contribution in [1.29, 1.82) is 0 Å². The number of aromatic nitrogens is 1. The van der Waals surface area contributed by atoms with Gasteiger partial charge in [0.1, 0.15) is 11.6 Å². The van der Waals surface area contributed by atoms with Gasteiger partial charge in [-0.15, -0.1) is 11.3 Å². The van der Waals surface area contributed by atoms with Crippen LogP contribution in [0.3, 0.4) is 0 Å². The van der Waals surface area contributed by atoms with Gasteiger partial charge in [0.15, 0.2) is 0 Å². The second kappa shape index (κ2) is 5.10. The van der Waals surface area contributed by atoms with Crippen molar-refractivity contribution in [2.75, 3.05) is 5.32 Å². The van der Waals surface area contributed by atoms with Gasteiger partial charge < -0.3 is 5.32 Å². The largest absolute Gasteiger partial charge is 0.378 e. The number of aryl methyl sites for hydroxylation is 1. The fourth-order valence-electron chi connectivity index (χ4n) is 1.33. The first-order valence-corrected chi connectivity index (χ1v) is 6.47. The van der Waals surface area contributed by atoms with E-state index in [0.29, 0.717) is 6.54 Å². The number of nitrogens with zero attached hydrogens (tertiary/aromatic N) is 1. The molecule has 0 saturated carbocycles. The first-order chi connectivity index (χ1) is 8.06. The van der Waals surface area contributed by atoms with Crippen LogP contribution in [0.5, 0.6) is 0 Å². The molecule has 2 nitrogen and oxygen atoms in total. The van der Waals surface area contributed by atoms with E-state index in [0.717, 1.165) is 16.0 Å². The normalized spacial score (nSPS) is 10.6.